The predicted molar refractivity (Wildman–Crippen MR) is 27.3 cm³/mol. The van der Waals surface area contributed by atoms with Crippen LogP contribution in [0.2, 0.25) is 0 Å². The van der Waals surface area contributed by atoms with Crippen molar-refractivity contribution in [1.82, 2.24) is 0 Å². The van der Waals surface area contributed by atoms with Crippen LogP contribution in [0.15, 0.2) is 0 Å². The Morgan fingerprint density at radius 2 is 1.80 bits per heavy atom. The molecule has 3 nitrogen and oxygen atoms in total. The topological polar surface area (TPSA) is 54.4 Å². The molecule has 0 aromatic rings. The highest BCUT2D eigenvalue weighted by Crippen LogP contribution is 2.10. The van der Waals surface area contributed by atoms with Gasteiger partial charge in [-0.05, 0) is 0 Å². The highest BCUT2D eigenvalue weighted by Gasteiger charge is 2.32. The zero-order chi connectivity index (χ0) is 8.36. The van der Waals surface area contributed by atoms with Gasteiger partial charge in [0, 0.05) is 0 Å². The molecule has 0 saturated heterocycles. The minimum Gasteiger partial charge on any atom is -0.285 e. The van der Waals surface area contributed by atoms with Crippen molar-refractivity contribution in [3.8, 4) is 0 Å². The first-order valence-electron chi connectivity index (χ1n) is 2.20. The third kappa shape index (κ3) is 2.53. The first kappa shape index (κ1) is 9.70. The molecule has 0 heterocycles. The van der Waals surface area contributed by atoms with E-state index in [1.807, 2.05) is 0 Å². The van der Waals surface area contributed by atoms with E-state index in [1.54, 1.807) is 0 Å². The lowest BCUT2D eigenvalue weighted by atomic mass is 10.5. The minimum absolute atomic E-state index is 1.78. The largest absolute Gasteiger partial charge is 0.285 e. The Hall–Kier alpha value is -0.300. The smallest absolute Gasteiger partial charge is 0.276 e. The fourth-order valence-corrected chi connectivity index (χ4v) is 0.696. The van der Waals surface area contributed by atoms with E-state index in [0.717, 1.165) is 0 Å². The highest BCUT2D eigenvalue weighted by molar-refractivity contribution is 7.86. The van der Waals surface area contributed by atoms with Crippen molar-refractivity contribution in [2.75, 3.05) is 6.67 Å². The van der Waals surface area contributed by atoms with Crippen LogP contribution in [0.3, 0.4) is 0 Å². The molecular weight excluding hydrogens is 173 g/mol. The van der Waals surface area contributed by atoms with Crippen molar-refractivity contribution in [2.45, 2.75) is 11.7 Å². The van der Waals surface area contributed by atoms with Crippen molar-refractivity contribution in [3.63, 3.8) is 0 Å². The lowest BCUT2D eigenvalue weighted by Gasteiger charge is -2.06. The van der Waals surface area contributed by atoms with Crippen LogP contribution < -0.4 is 0 Å². The second-order valence-corrected chi connectivity index (χ2v) is 3.18. The third-order valence-corrected chi connectivity index (χ3v) is 1.91. The normalized spacial score (nSPS) is 15.7. The van der Waals surface area contributed by atoms with E-state index in [0.29, 0.717) is 0 Å². The number of alkyl halides is 3. The van der Waals surface area contributed by atoms with Crippen LogP contribution in [-0.4, -0.2) is 31.3 Å². The molecule has 0 amide bonds. The predicted octanol–water partition coefficient (Wildman–Crippen LogP) is 0.477. The summed E-state index contributed by atoms with van der Waals surface area (Å²) in [5.41, 5.74) is 0. The molecule has 0 aromatic carbocycles. The van der Waals surface area contributed by atoms with Crippen LogP contribution in [0.5, 0.6) is 0 Å². The maximum absolute atomic E-state index is 11.4. The highest BCUT2D eigenvalue weighted by atomic mass is 32.2. The van der Waals surface area contributed by atoms with E-state index in [1.165, 1.54) is 0 Å². The Kier molecular flexibility index (Phi) is 3.10. The number of hydrogen-bond donors (Lipinski definition) is 1. The Balaban J connectivity index is 4.38. The molecule has 0 saturated carbocycles. The van der Waals surface area contributed by atoms with Gasteiger partial charge in [-0.25, -0.2) is 13.2 Å². The molecule has 0 rings (SSSR count). The molecule has 0 aromatic heterocycles. The third-order valence-electron chi connectivity index (χ3n) is 0.816. The van der Waals surface area contributed by atoms with Crippen LogP contribution in [0, 0.1) is 0 Å². The van der Waals surface area contributed by atoms with E-state index < -0.39 is 28.5 Å². The fraction of sp³-hybridized carbons (Fsp3) is 1.00. The van der Waals surface area contributed by atoms with Crippen LogP contribution in [0.25, 0.3) is 0 Å². The molecule has 1 N–H and O–H groups in total. The molecule has 7 heteroatoms. The Morgan fingerprint density at radius 3 is 1.80 bits per heavy atom. The second-order valence-electron chi connectivity index (χ2n) is 1.54. The van der Waals surface area contributed by atoms with Gasteiger partial charge >= 0.3 is 0 Å². The Bertz CT molecular complexity index is 187. The van der Waals surface area contributed by atoms with Gasteiger partial charge < -0.3 is 0 Å². The van der Waals surface area contributed by atoms with Gasteiger partial charge in [-0.1, -0.05) is 0 Å². The van der Waals surface area contributed by atoms with Crippen LogP contribution in [0.4, 0.5) is 13.2 Å². The maximum atomic E-state index is 11.4. The molecule has 10 heavy (non-hydrogen) atoms. The zero-order valence-electron chi connectivity index (χ0n) is 4.67. The van der Waals surface area contributed by atoms with Gasteiger partial charge in [0.15, 0.2) is 5.25 Å². The average molecular weight is 178 g/mol. The number of halogens is 3. The lowest BCUT2D eigenvalue weighted by Crippen LogP contribution is -2.30. The van der Waals surface area contributed by atoms with Crippen LogP contribution >= 0.6 is 0 Å². The molecular formula is C3H5F3O3S. The van der Waals surface area contributed by atoms with Gasteiger partial charge in [-0.3, -0.25) is 4.55 Å². The van der Waals surface area contributed by atoms with Gasteiger partial charge in [0.1, 0.15) is 6.67 Å². The van der Waals surface area contributed by atoms with Gasteiger partial charge in [-0.15, -0.1) is 0 Å². The molecule has 1 unspecified atom stereocenters. The van der Waals surface area contributed by atoms with Crippen molar-refractivity contribution >= 4 is 10.1 Å². The van der Waals surface area contributed by atoms with E-state index in [-0.39, 0.29) is 0 Å². The SMILES string of the molecule is O=S(=O)(O)C(CF)C(F)F. The summed E-state index contributed by atoms with van der Waals surface area (Å²) >= 11 is 0. The standard InChI is InChI=1S/C3H5F3O3S/c4-1-2(3(5)6)10(7,8)9/h2-3H,1H2,(H,7,8,9). The van der Waals surface area contributed by atoms with Crippen molar-refractivity contribution in [2.24, 2.45) is 0 Å². The monoisotopic (exact) mass is 178 g/mol. The van der Waals surface area contributed by atoms with E-state index >= 15 is 0 Å². The quantitative estimate of drug-likeness (QED) is 0.639. The van der Waals surface area contributed by atoms with Gasteiger partial charge in [0.05, 0.1) is 0 Å². The van der Waals surface area contributed by atoms with E-state index in [2.05, 4.69) is 0 Å². The molecule has 0 bridgehead atoms. The summed E-state index contributed by atoms with van der Waals surface area (Å²) in [5.74, 6) is 0. The number of rotatable bonds is 3. The molecule has 0 aliphatic heterocycles. The molecule has 0 aliphatic carbocycles. The average Bonchev–Trinajstić information content (AvgIpc) is 1.60. The molecule has 1 atom stereocenters. The summed E-state index contributed by atoms with van der Waals surface area (Å²) in [6, 6.07) is 0. The van der Waals surface area contributed by atoms with Crippen LogP contribution in [-0.2, 0) is 10.1 Å². The van der Waals surface area contributed by atoms with Gasteiger partial charge in [0.25, 0.3) is 16.5 Å². The van der Waals surface area contributed by atoms with Gasteiger partial charge in [0.2, 0.25) is 0 Å². The minimum atomic E-state index is -4.94. The maximum Gasteiger partial charge on any atom is 0.276 e. The Labute approximate surface area is 55.6 Å². The molecule has 0 fully saturated rings. The number of hydrogen-bond acceptors (Lipinski definition) is 2. The van der Waals surface area contributed by atoms with E-state index in [4.69, 9.17) is 4.55 Å². The summed E-state index contributed by atoms with van der Waals surface area (Å²) in [6.07, 6.45) is -3.39. The summed E-state index contributed by atoms with van der Waals surface area (Å²) in [7, 11) is -4.94. The molecule has 62 valence electrons. The summed E-state index contributed by atoms with van der Waals surface area (Å²) in [6.45, 7) is -1.78. The first-order chi connectivity index (χ1) is 4.39. The van der Waals surface area contributed by atoms with Crippen LogP contribution in [0.1, 0.15) is 0 Å². The van der Waals surface area contributed by atoms with E-state index in [9.17, 15) is 21.6 Å². The first-order valence-corrected chi connectivity index (χ1v) is 3.70. The van der Waals surface area contributed by atoms with Crippen molar-refractivity contribution in [3.05, 3.63) is 0 Å². The van der Waals surface area contributed by atoms with Crippen molar-refractivity contribution in [1.29, 1.82) is 0 Å². The molecule has 0 radical (unpaired) electrons. The zero-order valence-corrected chi connectivity index (χ0v) is 5.48. The summed E-state index contributed by atoms with van der Waals surface area (Å²) in [5, 5.41) is -2.60. The van der Waals surface area contributed by atoms with Gasteiger partial charge in [-0.2, -0.15) is 8.42 Å². The lowest BCUT2D eigenvalue weighted by molar-refractivity contribution is 0.127. The van der Waals surface area contributed by atoms with Crippen molar-refractivity contribution < 1.29 is 26.1 Å². The fourth-order valence-electron chi connectivity index (χ4n) is 0.277. The Morgan fingerprint density at radius 1 is 1.40 bits per heavy atom. The summed E-state index contributed by atoms with van der Waals surface area (Å²) < 4.78 is 61.8. The molecule has 0 aliphatic rings. The molecule has 0 spiro atoms. The summed E-state index contributed by atoms with van der Waals surface area (Å²) in [4.78, 5) is 0. The second kappa shape index (κ2) is 3.20.